The van der Waals surface area contributed by atoms with Gasteiger partial charge in [-0.05, 0) is 37.5 Å². The van der Waals surface area contributed by atoms with Crippen molar-refractivity contribution in [2.45, 2.75) is 68.8 Å². The number of anilines is 1. The molecule has 0 radical (unpaired) electrons. The summed E-state index contributed by atoms with van der Waals surface area (Å²) >= 11 is 0. The molecule has 0 bridgehead atoms. The van der Waals surface area contributed by atoms with Crippen LogP contribution in [0.15, 0.2) is 18.2 Å². The van der Waals surface area contributed by atoms with Gasteiger partial charge in [-0.1, -0.05) is 12.8 Å². The molecule has 0 spiro atoms. The zero-order valence-electron chi connectivity index (χ0n) is 17.3. The van der Waals surface area contributed by atoms with E-state index in [-0.39, 0.29) is 55.6 Å². The first-order valence-electron chi connectivity index (χ1n) is 10.7. The van der Waals surface area contributed by atoms with Gasteiger partial charge in [0.15, 0.2) is 0 Å². The van der Waals surface area contributed by atoms with Crippen molar-refractivity contribution >= 4 is 17.5 Å². The largest absolute Gasteiger partial charge is 0.487 e. The zero-order valence-corrected chi connectivity index (χ0v) is 17.3. The molecule has 0 unspecified atom stereocenters. The van der Waals surface area contributed by atoms with Gasteiger partial charge in [-0.2, -0.15) is 0 Å². The predicted octanol–water partition coefficient (Wildman–Crippen LogP) is 1.71. The van der Waals surface area contributed by atoms with Crippen LogP contribution in [0.1, 0.15) is 50.0 Å². The molecule has 2 fully saturated rings. The Morgan fingerprint density at radius 2 is 2.03 bits per heavy atom. The number of benzene rings is 1. The molecule has 4 rings (SSSR count). The molecule has 8 nitrogen and oxygen atoms in total. The fraction of sp³-hybridized carbons (Fsp3) is 0.636. The lowest BCUT2D eigenvalue weighted by atomic mass is 9.84. The Bertz CT molecular complexity index is 779. The number of carbonyl (C=O) groups is 2. The summed E-state index contributed by atoms with van der Waals surface area (Å²) < 4.78 is 16.9. The van der Waals surface area contributed by atoms with Crippen molar-refractivity contribution in [3.63, 3.8) is 0 Å². The first-order valence-corrected chi connectivity index (χ1v) is 10.7. The second-order valence-corrected chi connectivity index (χ2v) is 8.39. The summed E-state index contributed by atoms with van der Waals surface area (Å²) in [5.74, 6) is 0.499. The summed E-state index contributed by atoms with van der Waals surface area (Å²) in [6.07, 6.45) is 4.23. The molecule has 2 aliphatic heterocycles. The molecular weight excluding hydrogens is 388 g/mol. The van der Waals surface area contributed by atoms with Crippen molar-refractivity contribution in [3.05, 3.63) is 23.8 Å². The van der Waals surface area contributed by atoms with E-state index in [1.165, 1.54) is 20.0 Å². The smallest absolute Gasteiger partial charge is 0.250 e. The van der Waals surface area contributed by atoms with Crippen molar-refractivity contribution in [1.29, 1.82) is 0 Å². The Labute approximate surface area is 176 Å². The number of amides is 2. The Morgan fingerprint density at radius 3 is 2.77 bits per heavy atom. The number of methoxy groups -OCH3 is 1. The third-order valence-corrected chi connectivity index (χ3v) is 6.19. The van der Waals surface area contributed by atoms with E-state index in [2.05, 4.69) is 10.6 Å². The topological polar surface area (TPSA) is 106 Å². The molecule has 1 aromatic rings. The van der Waals surface area contributed by atoms with Crippen LogP contribution in [0.4, 0.5) is 5.69 Å². The maximum atomic E-state index is 12.5. The van der Waals surface area contributed by atoms with Crippen LogP contribution in [0.2, 0.25) is 0 Å². The highest BCUT2D eigenvalue weighted by Crippen LogP contribution is 2.47. The van der Waals surface area contributed by atoms with Gasteiger partial charge >= 0.3 is 0 Å². The van der Waals surface area contributed by atoms with E-state index < -0.39 is 6.10 Å². The molecule has 1 saturated carbocycles. The number of rotatable bonds is 7. The van der Waals surface area contributed by atoms with Crippen LogP contribution in [0.5, 0.6) is 5.75 Å². The lowest BCUT2D eigenvalue weighted by molar-refractivity contribution is -0.142. The number of aliphatic hydroxyl groups is 1. The van der Waals surface area contributed by atoms with Crippen molar-refractivity contribution in [3.8, 4) is 5.75 Å². The summed E-state index contributed by atoms with van der Waals surface area (Å²) in [5.41, 5.74) is 1.64. The maximum Gasteiger partial charge on any atom is 0.250 e. The van der Waals surface area contributed by atoms with Crippen LogP contribution in [0, 0.1) is 0 Å². The van der Waals surface area contributed by atoms with E-state index in [0.29, 0.717) is 12.1 Å². The zero-order chi connectivity index (χ0) is 21.1. The number of hydrogen-bond donors (Lipinski definition) is 3. The number of nitrogens with one attached hydrogen (secondary N) is 2. The lowest BCUT2D eigenvalue weighted by Crippen LogP contribution is -2.47. The van der Waals surface area contributed by atoms with Crippen LogP contribution in [0.25, 0.3) is 0 Å². The molecule has 3 N–H and O–H groups in total. The van der Waals surface area contributed by atoms with Crippen LogP contribution >= 0.6 is 0 Å². The molecule has 2 heterocycles. The standard InChI is InChI=1S/C22H30N2O6/c1-28-12-21(27)24-14-6-7-18-16(8-14)17-9-15(29-19(11-25)22(17)30-18)10-20(26)23-13-4-2-3-5-13/h6-8,13,15,17,19,22,25H,2-5,9-12H2,1H3,(H,23,26)(H,24,27)/t15-,17+,19+,22-/m0/s1. The highest BCUT2D eigenvalue weighted by Gasteiger charge is 2.46. The van der Waals surface area contributed by atoms with E-state index in [1.807, 2.05) is 12.1 Å². The van der Waals surface area contributed by atoms with Crippen molar-refractivity contribution < 1.29 is 28.9 Å². The monoisotopic (exact) mass is 418 g/mol. The normalized spacial score (nSPS) is 27.8. The molecule has 8 heteroatoms. The third-order valence-electron chi connectivity index (χ3n) is 6.19. The number of aliphatic hydroxyl groups excluding tert-OH is 1. The number of fused-ring (bicyclic) bond motifs is 3. The molecule has 1 saturated heterocycles. The molecule has 164 valence electrons. The van der Waals surface area contributed by atoms with Gasteiger partial charge < -0.3 is 30.0 Å². The van der Waals surface area contributed by atoms with Gasteiger partial charge in [0.2, 0.25) is 11.8 Å². The van der Waals surface area contributed by atoms with E-state index in [1.54, 1.807) is 6.07 Å². The number of ether oxygens (including phenoxy) is 3. The fourth-order valence-corrected chi connectivity index (χ4v) is 4.86. The Kier molecular flexibility index (Phi) is 6.55. The molecule has 3 aliphatic rings. The van der Waals surface area contributed by atoms with Gasteiger partial charge in [0, 0.05) is 30.3 Å². The number of carbonyl (C=O) groups excluding carboxylic acids is 2. The van der Waals surface area contributed by atoms with Crippen LogP contribution < -0.4 is 15.4 Å². The highest BCUT2D eigenvalue weighted by molar-refractivity contribution is 5.91. The average molecular weight is 418 g/mol. The first kappa shape index (κ1) is 21.1. The first-order chi connectivity index (χ1) is 14.6. The lowest BCUT2D eigenvalue weighted by Gasteiger charge is -2.37. The van der Waals surface area contributed by atoms with E-state index in [0.717, 1.165) is 24.2 Å². The van der Waals surface area contributed by atoms with Crippen molar-refractivity contribution in [2.75, 3.05) is 25.6 Å². The second-order valence-electron chi connectivity index (χ2n) is 8.39. The van der Waals surface area contributed by atoms with Gasteiger partial charge in [-0.3, -0.25) is 9.59 Å². The minimum absolute atomic E-state index is 0.00163. The minimum Gasteiger partial charge on any atom is -0.487 e. The van der Waals surface area contributed by atoms with E-state index in [9.17, 15) is 14.7 Å². The molecule has 0 aromatic heterocycles. The van der Waals surface area contributed by atoms with Gasteiger partial charge in [-0.15, -0.1) is 0 Å². The van der Waals surface area contributed by atoms with Crippen molar-refractivity contribution in [2.24, 2.45) is 0 Å². The Balaban J connectivity index is 1.45. The highest BCUT2D eigenvalue weighted by atomic mass is 16.6. The summed E-state index contributed by atoms with van der Waals surface area (Å²) in [4.78, 5) is 24.3. The van der Waals surface area contributed by atoms with Gasteiger partial charge in [0.05, 0.1) is 19.1 Å². The molecule has 1 aromatic carbocycles. The molecular formula is C22H30N2O6. The maximum absolute atomic E-state index is 12.5. The quantitative estimate of drug-likeness (QED) is 0.623. The molecule has 1 aliphatic carbocycles. The van der Waals surface area contributed by atoms with Crippen molar-refractivity contribution in [1.82, 2.24) is 5.32 Å². The summed E-state index contributed by atoms with van der Waals surface area (Å²) in [6.45, 7) is -0.189. The molecule has 4 atom stereocenters. The van der Waals surface area contributed by atoms with Crippen LogP contribution in [0.3, 0.4) is 0 Å². The summed E-state index contributed by atoms with van der Waals surface area (Å²) in [6, 6.07) is 5.79. The van der Waals surface area contributed by atoms with Crippen LogP contribution in [-0.4, -0.2) is 61.6 Å². The van der Waals surface area contributed by atoms with Gasteiger partial charge in [0.1, 0.15) is 24.6 Å². The summed E-state index contributed by atoms with van der Waals surface area (Å²) in [5, 5.41) is 15.8. The number of hydrogen-bond acceptors (Lipinski definition) is 6. The van der Waals surface area contributed by atoms with E-state index >= 15 is 0 Å². The third kappa shape index (κ3) is 4.61. The predicted molar refractivity (Wildman–Crippen MR) is 109 cm³/mol. The van der Waals surface area contributed by atoms with E-state index in [4.69, 9.17) is 14.2 Å². The van der Waals surface area contributed by atoms with Crippen LogP contribution in [-0.2, 0) is 19.1 Å². The van der Waals surface area contributed by atoms with Gasteiger partial charge in [0.25, 0.3) is 0 Å². The molecule has 2 amide bonds. The second kappa shape index (κ2) is 9.32. The molecule has 30 heavy (non-hydrogen) atoms. The average Bonchev–Trinajstić information content (AvgIpc) is 3.35. The minimum atomic E-state index is -0.494. The Morgan fingerprint density at radius 1 is 1.23 bits per heavy atom. The Hall–Kier alpha value is -2.16. The fourth-order valence-electron chi connectivity index (χ4n) is 4.86. The van der Waals surface area contributed by atoms with Gasteiger partial charge in [-0.25, -0.2) is 0 Å². The summed E-state index contributed by atoms with van der Waals surface area (Å²) in [7, 11) is 1.47. The SMILES string of the molecule is COCC(=O)Nc1ccc2c(c1)[C@H]1C[C@@H](CC(=O)NC3CCCC3)O[C@H](CO)[C@H]1O2.